The van der Waals surface area contributed by atoms with Gasteiger partial charge >= 0.3 is 0 Å². The van der Waals surface area contributed by atoms with Crippen LogP contribution in [0.5, 0.6) is 0 Å². The van der Waals surface area contributed by atoms with Gasteiger partial charge in [0, 0.05) is 0 Å². The highest BCUT2D eigenvalue weighted by Gasteiger charge is 2.39. The molecule has 1 aliphatic rings. The van der Waals surface area contributed by atoms with Crippen LogP contribution in [0, 0.1) is 0 Å². The van der Waals surface area contributed by atoms with Gasteiger partial charge in [0.25, 0.3) is 0 Å². The summed E-state index contributed by atoms with van der Waals surface area (Å²) in [6, 6.07) is 46.0. The topological polar surface area (TPSA) is 0 Å². The predicted molar refractivity (Wildman–Crippen MR) is 227 cm³/mol. The maximum atomic E-state index is 2.40. The molecule has 0 saturated carbocycles. The first-order valence-corrected chi connectivity index (χ1v) is 19.1. The second-order valence-electron chi connectivity index (χ2n) is 19.0. The Morgan fingerprint density at radius 1 is 0.212 bits per heavy atom. The van der Waals surface area contributed by atoms with Crippen molar-refractivity contribution in [1.29, 1.82) is 0 Å². The summed E-state index contributed by atoms with van der Waals surface area (Å²) in [5.74, 6) is 0. The van der Waals surface area contributed by atoms with Crippen LogP contribution in [-0.2, 0) is 21.7 Å². The molecule has 0 N–H and O–H groups in total. The predicted octanol–water partition coefficient (Wildman–Crippen LogP) is 15.2. The standard InChI is InChI=1S/C52H56/c1-49(2,3)39-29-19-15-25-35(39)45-43-33-23-13-14-24-34(33)44(43)46(36-26-16-20-30-40(36)50(4,5)6)48(38-28-18-22-32-42(38)52(10,11)12)47(45)37-27-17-21-31-41(37)51(7,8)9/h13-32H,1-12H3. The van der Waals surface area contributed by atoms with E-state index in [2.05, 4.69) is 204 Å². The number of hydrogen-bond donors (Lipinski definition) is 0. The van der Waals surface area contributed by atoms with E-state index >= 15 is 0 Å². The van der Waals surface area contributed by atoms with Crippen molar-refractivity contribution in [3.63, 3.8) is 0 Å². The van der Waals surface area contributed by atoms with Crippen molar-refractivity contribution in [3.8, 4) is 66.8 Å². The lowest BCUT2D eigenvalue weighted by atomic mass is 9.64. The fourth-order valence-corrected chi connectivity index (χ4v) is 8.64. The highest BCUT2D eigenvalue weighted by molar-refractivity contribution is 6.23. The number of benzene rings is 6. The first-order chi connectivity index (χ1) is 24.4. The van der Waals surface area contributed by atoms with E-state index in [0.29, 0.717) is 0 Å². The fraction of sp³-hybridized carbons (Fsp3) is 0.308. The molecule has 7 rings (SSSR count). The SMILES string of the molecule is CC(C)(C)c1ccccc1-c1c2c(c(-c3ccccc3C(C)(C)C)c(-c3ccccc3C(C)(C)C)c1-c1ccccc1C(C)(C)C)-c1ccccc1-2. The quantitative estimate of drug-likeness (QED) is 0.174. The Morgan fingerprint density at radius 3 is 0.558 bits per heavy atom. The average molecular weight is 681 g/mol. The average Bonchev–Trinajstić information content (AvgIpc) is 3.08. The Bertz CT molecular complexity index is 2150. The van der Waals surface area contributed by atoms with E-state index in [1.165, 1.54) is 89.0 Å². The van der Waals surface area contributed by atoms with Gasteiger partial charge in [-0.15, -0.1) is 0 Å². The van der Waals surface area contributed by atoms with Gasteiger partial charge in [-0.25, -0.2) is 0 Å². The molecule has 1 aliphatic carbocycles. The largest absolute Gasteiger partial charge is 0.0619 e. The lowest BCUT2D eigenvalue weighted by Gasteiger charge is -2.39. The van der Waals surface area contributed by atoms with E-state index in [4.69, 9.17) is 0 Å². The zero-order valence-corrected chi connectivity index (χ0v) is 33.5. The Balaban J connectivity index is 1.86. The summed E-state index contributed by atoms with van der Waals surface area (Å²) in [5, 5.41) is 0. The Morgan fingerprint density at radius 2 is 0.365 bits per heavy atom. The molecule has 0 heterocycles. The molecule has 0 saturated heterocycles. The molecule has 0 radical (unpaired) electrons. The van der Waals surface area contributed by atoms with Crippen molar-refractivity contribution in [2.24, 2.45) is 0 Å². The summed E-state index contributed by atoms with van der Waals surface area (Å²) >= 11 is 0. The van der Waals surface area contributed by atoms with Gasteiger partial charge in [-0.2, -0.15) is 0 Å². The van der Waals surface area contributed by atoms with Gasteiger partial charge in [0.05, 0.1) is 0 Å². The summed E-state index contributed by atoms with van der Waals surface area (Å²) in [7, 11) is 0. The molecule has 0 nitrogen and oxygen atoms in total. The van der Waals surface area contributed by atoms with Gasteiger partial charge in [-0.05, 0) is 111 Å². The van der Waals surface area contributed by atoms with Gasteiger partial charge < -0.3 is 0 Å². The van der Waals surface area contributed by atoms with E-state index in [1.54, 1.807) is 0 Å². The van der Waals surface area contributed by atoms with Gasteiger partial charge in [0.1, 0.15) is 0 Å². The summed E-state index contributed by atoms with van der Waals surface area (Å²) in [6.45, 7) is 28.3. The molecule has 52 heavy (non-hydrogen) atoms. The van der Waals surface area contributed by atoms with Crippen molar-refractivity contribution in [2.45, 2.75) is 105 Å². The summed E-state index contributed by atoms with van der Waals surface area (Å²) in [5.41, 5.74) is 21.3. The third-order valence-electron chi connectivity index (χ3n) is 11.0. The van der Waals surface area contributed by atoms with Crippen LogP contribution in [0.4, 0.5) is 0 Å². The molecule has 0 spiro atoms. The van der Waals surface area contributed by atoms with Crippen LogP contribution in [0.3, 0.4) is 0 Å². The van der Waals surface area contributed by atoms with Crippen LogP contribution < -0.4 is 0 Å². The molecule has 0 heteroatoms. The molecule has 0 atom stereocenters. The Kier molecular flexibility index (Phi) is 8.57. The van der Waals surface area contributed by atoms with Gasteiger partial charge in [-0.3, -0.25) is 0 Å². The summed E-state index contributed by atoms with van der Waals surface area (Å²) in [4.78, 5) is 0. The zero-order chi connectivity index (χ0) is 37.4. The van der Waals surface area contributed by atoms with Crippen LogP contribution in [0.2, 0.25) is 0 Å². The molecular weight excluding hydrogens is 625 g/mol. The van der Waals surface area contributed by atoms with Crippen LogP contribution in [0.25, 0.3) is 66.8 Å². The fourth-order valence-electron chi connectivity index (χ4n) is 8.64. The van der Waals surface area contributed by atoms with E-state index < -0.39 is 0 Å². The smallest absolute Gasteiger partial charge is 0.000730 e. The molecule has 0 bridgehead atoms. The maximum Gasteiger partial charge on any atom is -0.000730 e. The lowest BCUT2D eigenvalue weighted by Crippen LogP contribution is -2.18. The lowest BCUT2D eigenvalue weighted by molar-refractivity contribution is 0.590. The van der Waals surface area contributed by atoms with Crippen molar-refractivity contribution >= 4 is 0 Å². The molecule has 0 aromatic heterocycles. The monoisotopic (exact) mass is 680 g/mol. The van der Waals surface area contributed by atoms with Gasteiger partial charge in [0.15, 0.2) is 0 Å². The molecule has 6 aromatic rings. The van der Waals surface area contributed by atoms with Gasteiger partial charge in [0.2, 0.25) is 0 Å². The van der Waals surface area contributed by atoms with E-state index in [-0.39, 0.29) is 21.7 Å². The Labute approximate surface area is 314 Å². The van der Waals surface area contributed by atoms with Crippen LogP contribution in [-0.4, -0.2) is 0 Å². The zero-order valence-electron chi connectivity index (χ0n) is 33.5. The third-order valence-corrected chi connectivity index (χ3v) is 11.0. The van der Waals surface area contributed by atoms with Gasteiger partial charge in [-0.1, -0.05) is 204 Å². The van der Waals surface area contributed by atoms with E-state index in [9.17, 15) is 0 Å². The highest BCUT2D eigenvalue weighted by Crippen LogP contribution is 2.64. The number of hydrogen-bond acceptors (Lipinski definition) is 0. The minimum atomic E-state index is -0.0808. The normalized spacial score (nSPS) is 13.0. The van der Waals surface area contributed by atoms with Crippen LogP contribution >= 0.6 is 0 Å². The first-order valence-electron chi connectivity index (χ1n) is 19.1. The van der Waals surface area contributed by atoms with E-state index in [0.717, 1.165) is 0 Å². The van der Waals surface area contributed by atoms with E-state index in [1.807, 2.05) is 0 Å². The molecule has 0 unspecified atom stereocenters. The van der Waals surface area contributed by atoms with Crippen molar-refractivity contribution in [2.75, 3.05) is 0 Å². The van der Waals surface area contributed by atoms with Crippen molar-refractivity contribution < 1.29 is 0 Å². The minimum Gasteiger partial charge on any atom is -0.0619 e. The molecule has 0 amide bonds. The molecule has 0 aliphatic heterocycles. The molecular formula is C52H56. The first kappa shape index (κ1) is 35.7. The molecule has 6 aromatic carbocycles. The summed E-state index contributed by atoms with van der Waals surface area (Å²) in [6.07, 6.45) is 0. The minimum absolute atomic E-state index is 0.0610. The Hall–Kier alpha value is -4.68. The number of rotatable bonds is 4. The molecule has 0 fully saturated rings. The summed E-state index contributed by atoms with van der Waals surface area (Å²) < 4.78 is 0. The second-order valence-corrected chi connectivity index (χ2v) is 19.0. The highest BCUT2D eigenvalue weighted by atomic mass is 14.4. The van der Waals surface area contributed by atoms with Crippen molar-refractivity contribution in [1.82, 2.24) is 0 Å². The van der Waals surface area contributed by atoms with Crippen molar-refractivity contribution in [3.05, 3.63) is 144 Å². The molecule has 264 valence electrons. The third kappa shape index (κ3) is 5.95. The second kappa shape index (κ2) is 12.5. The van der Waals surface area contributed by atoms with Crippen LogP contribution in [0.1, 0.15) is 105 Å². The van der Waals surface area contributed by atoms with Crippen LogP contribution in [0.15, 0.2) is 121 Å². The number of fused-ring (bicyclic) bond motifs is 4. The maximum absolute atomic E-state index is 2.40.